The molecule has 5 nitrogen and oxygen atoms in total. The molecule has 1 N–H and O–H groups in total. The Morgan fingerprint density at radius 1 is 1.14 bits per heavy atom. The third-order valence-corrected chi connectivity index (χ3v) is 5.26. The molecule has 0 saturated carbocycles. The first-order valence-corrected chi connectivity index (χ1v) is 8.06. The standard InChI is InChI=1S/C15H16N2O3S/c1-20-12-7-8-15-14(11-12)16-9-10-17(15)21(18,19)13-5-3-2-4-6-13/h2-8,11,16H,9-10H2,1H3. The van der Waals surface area contributed by atoms with Crippen LogP contribution >= 0.6 is 0 Å². The molecule has 1 heterocycles. The SMILES string of the molecule is COc1ccc2c(c1)NCCN2S(=O)(=O)c1ccccc1. The molecule has 0 aliphatic carbocycles. The maximum absolute atomic E-state index is 12.8. The summed E-state index contributed by atoms with van der Waals surface area (Å²) in [4.78, 5) is 0.300. The summed E-state index contributed by atoms with van der Waals surface area (Å²) >= 11 is 0. The Balaban J connectivity index is 2.06. The lowest BCUT2D eigenvalue weighted by atomic mass is 10.2. The molecule has 6 heteroatoms. The van der Waals surface area contributed by atoms with Gasteiger partial charge in [0.1, 0.15) is 5.75 Å². The lowest BCUT2D eigenvalue weighted by Gasteiger charge is -2.31. The molecule has 0 atom stereocenters. The first-order valence-electron chi connectivity index (χ1n) is 6.62. The molecule has 2 aromatic carbocycles. The molecule has 0 radical (unpaired) electrons. The van der Waals surface area contributed by atoms with Gasteiger partial charge in [0.25, 0.3) is 10.0 Å². The van der Waals surface area contributed by atoms with Crippen molar-refractivity contribution in [3.63, 3.8) is 0 Å². The van der Waals surface area contributed by atoms with E-state index in [4.69, 9.17) is 4.74 Å². The normalized spacial score (nSPS) is 14.2. The van der Waals surface area contributed by atoms with Gasteiger partial charge in [0.15, 0.2) is 0 Å². The first kappa shape index (κ1) is 13.8. The van der Waals surface area contributed by atoms with Crippen LogP contribution in [0.4, 0.5) is 11.4 Å². The quantitative estimate of drug-likeness (QED) is 0.945. The Hall–Kier alpha value is -2.21. The van der Waals surface area contributed by atoms with E-state index in [1.54, 1.807) is 49.6 Å². The zero-order valence-corrected chi connectivity index (χ0v) is 12.4. The molecule has 0 amide bonds. The van der Waals surface area contributed by atoms with Crippen molar-refractivity contribution in [3.8, 4) is 5.75 Å². The second-order valence-corrected chi connectivity index (χ2v) is 6.56. The molecule has 0 bridgehead atoms. The molecule has 0 spiro atoms. The van der Waals surface area contributed by atoms with Gasteiger partial charge >= 0.3 is 0 Å². The zero-order chi connectivity index (χ0) is 14.9. The highest BCUT2D eigenvalue weighted by Gasteiger charge is 2.29. The second-order valence-electron chi connectivity index (χ2n) is 4.70. The maximum atomic E-state index is 12.8. The summed E-state index contributed by atoms with van der Waals surface area (Å²) in [6.45, 7) is 0.961. The molecule has 110 valence electrons. The van der Waals surface area contributed by atoms with E-state index in [0.717, 1.165) is 5.69 Å². The van der Waals surface area contributed by atoms with Crippen molar-refractivity contribution in [3.05, 3.63) is 48.5 Å². The average molecular weight is 304 g/mol. The van der Waals surface area contributed by atoms with Crippen molar-refractivity contribution in [1.82, 2.24) is 0 Å². The van der Waals surface area contributed by atoms with Gasteiger partial charge in [-0.1, -0.05) is 18.2 Å². The van der Waals surface area contributed by atoms with Crippen molar-refractivity contribution in [2.75, 3.05) is 29.8 Å². The summed E-state index contributed by atoms with van der Waals surface area (Å²) in [5, 5.41) is 3.20. The van der Waals surface area contributed by atoms with E-state index in [-0.39, 0.29) is 0 Å². The van der Waals surface area contributed by atoms with Gasteiger partial charge in [-0.2, -0.15) is 0 Å². The summed E-state index contributed by atoms with van der Waals surface area (Å²) in [5.74, 6) is 0.695. The van der Waals surface area contributed by atoms with Crippen molar-refractivity contribution in [1.29, 1.82) is 0 Å². The molecule has 3 rings (SSSR count). The van der Waals surface area contributed by atoms with E-state index in [9.17, 15) is 8.42 Å². The summed E-state index contributed by atoms with van der Waals surface area (Å²) < 4.78 is 32.2. The fourth-order valence-corrected chi connectivity index (χ4v) is 3.89. The number of ether oxygens (including phenoxy) is 1. The van der Waals surface area contributed by atoms with E-state index in [0.29, 0.717) is 29.4 Å². The van der Waals surface area contributed by atoms with Gasteiger partial charge in [-0.15, -0.1) is 0 Å². The minimum Gasteiger partial charge on any atom is -0.497 e. The van der Waals surface area contributed by atoms with E-state index < -0.39 is 10.0 Å². The van der Waals surface area contributed by atoms with Gasteiger partial charge in [0.05, 0.1) is 29.9 Å². The molecule has 1 aliphatic heterocycles. The van der Waals surface area contributed by atoms with Crippen LogP contribution in [0.5, 0.6) is 5.75 Å². The molecular weight excluding hydrogens is 288 g/mol. The lowest BCUT2D eigenvalue weighted by Crippen LogP contribution is -2.38. The van der Waals surface area contributed by atoms with Crippen molar-refractivity contribution in [2.45, 2.75) is 4.90 Å². The Kier molecular flexibility index (Phi) is 3.47. The topological polar surface area (TPSA) is 58.6 Å². The number of nitrogens with one attached hydrogen (secondary N) is 1. The molecule has 21 heavy (non-hydrogen) atoms. The summed E-state index contributed by atoms with van der Waals surface area (Å²) in [6, 6.07) is 13.8. The third kappa shape index (κ3) is 2.42. The van der Waals surface area contributed by atoms with Crippen LogP contribution < -0.4 is 14.4 Å². The molecule has 0 aromatic heterocycles. The van der Waals surface area contributed by atoms with Crippen LogP contribution in [-0.2, 0) is 10.0 Å². The van der Waals surface area contributed by atoms with Gasteiger partial charge < -0.3 is 10.1 Å². The van der Waals surface area contributed by atoms with Crippen molar-refractivity contribution < 1.29 is 13.2 Å². The fourth-order valence-electron chi connectivity index (χ4n) is 2.38. The van der Waals surface area contributed by atoms with Gasteiger partial charge in [0, 0.05) is 12.6 Å². The van der Waals surface area contributed by atoms with Gasteiger partial charge in [-0.3, -0.25) is 4.31 Å². The smallest absolute Gasteiger partial charge is 0.264 e. The Labute approximate surface area is 124 Å². The second kappa shape index (κ2) is 5.29. The summed E-state index contributed by atoms with van der Waals surface area (Å²) in [6.07, 6.45) is 0. The number of benzene rings is 2. The Morgan fingerprint density at radius 2 is 1.90 bits per heavy atom. The lowest BCUT2D eigenvalue weighted by molar-refractivity contribution is 0.415. The average Bonchev–Trinajstić information content (AvgIpc) is 2.54. The minimum atomic E-state index is -3.54. The Bertz CT molecular complexity index is 745. The minimum absolute atomic E-state index is 0.300. The van der Waals surface area contributed by atoms with Crippen LogP contribution in [-0.4, -0.2) is 28.6 Å². The third-order valence-electron chi connectivity index (χ3n) is 3.43. The maximum Gasteiger partial charge on any atom is 0.264 e. The zero-order valence-electron chi connectivity index (χ0n) is 11.6. The largest absolute Gasteiger partial charge is 0.497 e. The molecule has 0 saturated heterocycles. The van der Waals surface area contributed by atoms with Gasteiger partial charge in [-0.05, 0) is 24.3 Å². The van der Waals surface area contributed by atoms with Gasteiger partial charge in [-0.25, -0.2) is 8.42 Å². The van der Waals surface area contributed by atoms with Crippen LogP contribution in [0.25, 0.3) is 0 Å². The Morgan fingerprint density at radius 3 is 2.62 bits per heavy atom. The predicted molar refractivity (Wildman–Crippen MR) is 82.5 cm³/mol. The van der Waals surface area contributed by atoms with E-state index >= 15 is 0 Å². The predicted octanol–water partition coefficient (Wildman–Crippen LogP) is 2.32. The number of anilines is 2. The molecule has 0 unspecified atom stereocenters. The number of hydrogen-bond acceptors (Lipinski definition) is 4. The highest BCUT2D eigenvalue weighted by Crippen LogP contribution is 2.35. The van der Waals surface area contributed by atoms with Crippen LogP contribution in [0.3, 0.4) is 0 Å². The molecule has 0 fully saturated rings. The van der Waals surface area contributed by atoms with Crippen molar-refractivity contribution in [2.24, 2.45) is 0 Å². The number of hydrogen-bond donors (Lipinski definition) is 1. The van der Waals surface area contributed by atoms with E-state index in [2.05, 4.69) is 5.32 Å². The van der Waals surface area contributed by atoms with Crippen LogP contribution in [0, 0.1) is 0 Å². The van der Waals surface area contributed by atoms with E-state index in [1.165, 1.54) is 4.31 Å². The number of nitrogens with zero attached hydrogens (tertiary/aromatic N) is 1. The summed E-state index contributed by atoms with van der Waals surface area (Å²) in [7, 11) is -1.96. The summed E-state index contributed by atoms with van der Waals surface area (Å²) in [5.41, 5.74) is 1.41. The molecule has 1 aliphatic rings. The van der Waals surface area contributed by atoms with Gasteiger partial charge in [0.2, 0.25) is 0 Å². The fraction of sp³-hybridized carbons (Fsp3) is 0.200. The van der Waals surface area contributed by atoms with Crippen molar-refractivity contribution >= 4 is 21.4 Å². The van der Waals surface area contributed by atoms with Crippen LogP contribution in [0.2, 0.25) is 0 Å². The monoisotopic (exact) mass is 304 g/mol. The van der Waals surface area contributed by atoms with E-state index in [1.807, 2.05) is 6.07 Å². The number of fused-ring (bicyclic) bond motifs is 1. The number of methoxy groups -OCH3 is 1. The van der Waals surface area contributed by atoms with Crippen LogP contribution in [0.15, 0.2) is 53.4 Å². The molecule has 2 aromatic rings. The number of sulfonamides is 1. The molecular formula is C15H16N2O3S. The van der Waals surface area contributed by atoms with Crippen LogP contribution in [0.1, 0.15) is 0 Å². The highest BCUT2D eigenvalue weighted by molar-refractivity contribution is 7.92. The number of rotatable bonds is 3. The highest BCUT2D eigenvalue weighted by atomic mass is 32.2. The first-order chi connectivity index (χ1) is 10.1.